The molecule has 43 heavy (non-hydrogen) atoms. The molecule has 0 bridgehead atoms. The first kappa shape index (κ1) is 35.6. The molecule has 242 valence electrons. The van der Waals surface area contributed by atoms with Crippen molar-refractivity contribution in [3.05, 3.63) is 53.9 Å². The first-order valence-corrected chi connectivity index (χ1v) is 16.3. The normalized spacial score (nSPS) is 25.3. The number of allylic oxidation sites excluding steroid dienone is 1. The van der Waals surface area contributed by atoms with Crippen LogP contribution in [0.15, 0.2) is 48.3 Å². The maximum absolute atomic E-state index is 14.8. The number of Topliss-reactive ketones (excluding diaryl/α,β-unsaturated/α-hetero) is 1. The van der Waals surface area contributed by atoms with Crippen LogP contribution in [-0.4, -0.2) is 59.5 Å². The molecule has 0 aliphatic carbocycles. The summed E-state index contributed by atoms with van der Waals surface area (Å²) >= 11 is 0. The van der Waals surface area contributed by atoms with Gasteiger partial charge in [-0.1, -0.05) is 37.6 Å². The number of nitrogens with zero attached hydrogens (tertiary/aromatic N) is 1. The van der Waals surface area contributed by atoms with Crippen molar-refractivity contribution < 1.29 is 28.8 Å². The number of aliphatic hydroxyl groups is 1. The minimum absolute atomic E-state index is 0.149. The fraction of sp³-hybridized carbons (Fsp3) is 0.722. The summed E-state index contributed by atoms with van der Waals surface area (Å²) in [7, 11) is 0. The molecule has 1 aromatic heterocycles. The van der Waals surface area contributed by atoms with Crippen LogP contribution in [0.3, 0.4) is 0 Å². The zero-order valence-electron chi connectivity index (χ0n) is 27.8. The summed E-state index contributed by atoms with van der Waals surface area (Å²) in [6.07, 6.45) is 11.9. The number of pyridine rings is 1. The predicted molar refractivity (Wildman–Crippen MR) is 170 cm³/mol. The number of ketones is 1. The molecule has 0 amide bonds. The first-order chi connectivity index (χ1) is 20.3. The number of carbonyl (C=O) groups excluding carboxylic acids is 1. The third-order valence-electron chi connectivity index (χ3n) is 9.25. The van der Waals surface area contributed by atoms with E-state index in [9.17, 15) is 9.90 Å². The third-order valence-corrected chi connectivity index (χ3v) is 9.25. The minimum atomic E-state index is -0.778. The number of hydrogen-bond donors (Lipinski definition) is 1. The van der Waals surface area contributed by atoms with E-state index in [0.717, 1.165) is 49.7 Å². The summed E-state index contributed by atoms with van der Waals surface area (Å²) in [5, 5.41) is 10.1. The second-order valence-electron chi connectivity index (χ2n) is 13.7. The van der Waals surface area contributed by atoms with Gasteiger partial charge in [-0.05, 0) is 116 Å². The van der Waals surface area contributed by atoms with Gasteiger partial charge >= 0.3 is 0 Å². The van der Waals surface area contributed by atoms with Crippen LogP contribution in [0, 0.1) is 17.3 Å². The highest BCUT2D eigenvalue weighted by Crippen LogP contribution is 2.41. The van der Waals surface area contributed by atoms with Crippen molar-refractivity contribution in [1.29, 1.82) is 0 Å². The fourth-order valence-electron chi connectivity index (χ4n) is 6.47. The lowest BCUT2D eigenvalue weighted by Gasteiger charge is -2.46. The number of rotatable bonds is 16. The Morgan fingerprint density at radius 1 is 1.21 bits per heavy atom. The average molecular weight is 600 g/mol. The number of aliphatic hydroxyl groups excluding tert-OH is 1. The van der Waals surface area contributed by atoms with Crippen LogP contribution in [0.2, 0.25) is 0 Å². The van der Waals surface area contributed by atoms with Crippen LogP contribution in [-0.2, 0) is 30.2 Å². The van der Waals surface area contributed by atoms with Crippen molar-refractivity contribution in [2.24, 2.45) is 17.3 Å². The van der Waals surface area contributed by atoms with E-state index in [1.165, 1.54) is 5.57 Å². The van der Waals surface area contributed by atoms with Gasteiger partial charge in [0.1, 0.15) is 5.78 Å². The van der Waals surface area contributed by atoms with Gasteiger partial charge in [-0.2, -0.15) is 0 Å². The molecule has 7 atom stereocenters. The van der Waals surface area contributed by atoms with Gasteiger partial charge in [0.25, 0.3) is 0 Å². The zero-order chi connectivity index (χ0) is 31.6. The lowest BCUT2D eigenvalue weighted by molar-refractivity contribution is -0.290. The van der Waals surface area contributed by atoms with Crippen LogP contribution in [0.4, 0.5) is 0 Å². The average Bonchev–Trinajstić information content (AvgIpc) is 2.98. The van der Waals surface area contributed by atoms with Gasteiger partial charge in [-0.3, -0.25) is 9.78 Å². The maximum atomic E-state index is 14.8. The van der Waals surface area contributed by atoms with Crippen LogP contribution < -0.4 is 0 Å². The van der Waals surface area contributed by atoms with Crippen molar-refractivity contribution in [3.63, 3.8) is 0 Å². The number of ether oxygens (including phenoxy) is 4. The third kappa shape index (κ3) is 10.6. The van der Waals surface area contributed by atoms with Gasteiger partial charge in [0.15, 0.2) is 12.1 Å². The molecule has 0 radical (unpaired) electrons. The van der Waals surface area contributed by atoms with E-state index in [1.54, 1.807) is 12.4 Å². The molecule has 7 nitrogen and oxygen atoms in total. The van der Waals surface area contributed by atoms with Crippen molar-refractivity contribution in [2.75, 3.05) is 13.2 Å². The minimum Gasteiger partial charge on any atom is -0.388 e. The molecule has 7 heteroatoms. The van der Waals surface area contributed by atoms with Gasteiger partial charge in [0, 0.05) is 24.9 Å². The molecule has 2 saturated heterocycles. The molecule has 3 heterocycles. The monoisotopic (exact) mass is 599 g/mol. The topological polar surface area (TPSA) is 87.1 Å². The summed E-state index contributed by atoms with van der Waals surface area (Å²) < 4.78 is 25.0. The molecular formula is C36H57NO6. The lowest BCUT2D eigenvalue weighted by Crippen LogP contribution is -2.54. The molecule has 2 aliphatic rings. The van der Waals surface area contributed by atoms with Crippen LogP contribution in [0.25, 0.3) is 0 Å². The molecule has 3 unspecified atom stereocenters. The molecular weight excluding hydrogens is 542 g/mol. The number of aromatic nitrogens is 1. The molecule has 0 spiro atoms. The highest BCUT2D eigenvalue weighted by molar-refractivity contribution is 5.88. The first-order valence-electron chi connectivity index (χ1n) is 16.3. The van der Waals surface area contributed by atoms with Crippen LogP contribution in [0.1, 0.15) is 105 Å². The van der Waals surface area contributed by atoms with E-state index in [2.05, 4.69) is 38.4 Å². The summed E-state index contributed by atoms with van der Waals surface area (Å²) in [5.74, 6) is -0.805. The van der Waals surface area contributed by atoms with Crippen molar-refractivity contribution >= 4 is 5.78 Å². The Labute approximate surface area is 260 Å². The summed E-state index contributed by atoms with van der Waals surface area (Å²) in [4.78, 5) is 18.9. The Morgan fingerprint density at radius 2 is 1.93 bits per heavy atom. The van der Waals surface area contributed by atoms with Crippen LogP contribution in [0.5, 0.6) is 0 Å². The van der Waals surface area contributed by atoms with E-state index in [4.69, 9.17) is 18.9 Å². The van der Waals surface area contributed by atoms with E-state index in [-0.39, 0.29) is 36.1 Å². The highest BCUT2D eigenvalue weighted by Gasteiger charge is 2.49. The molecule has 3 rings (SSSR count). The van der Waals surface area contributed by atoms with E-state index < -0.39 is 17.3 Å². The zero-order valence-corrected chi connectivity index (χ0v) is 27.8. The fourth-order valence-corrected chi connectivity index (χ4v) is 6.47. The smallest absolute Gasteiger partial charge is 0.163 e. The van der Waals surface area contributed by atoms with Gasteiger partial charge in [0.2, 0.25) is 0 Å². The molecule has 2 fully saturated rings. The Bertz CT molecular complexity index is 1050. The van der Waals surface area contributed by atoms with E-state index >= 15 is 0 Å². The second-order valence-corrected chi connectivity index (χ2v) is 13.7. The summed E-state index contributed by atoms with van der Waals surface area (Å²) in [5.41, 5.74) is 2.33. The lowest BCUT2D eigenvalue weighted by atomic mass is 9.68. The predicted octanol–water partition coefficient (Wildman–Crippen LogP) is 7.37. The Hall–Kier alpha value is -1.90. The van der Waals surface area contributed by atoms with Crippen LogP contribution >= 0.6 is 0 Å². The summed E-state index contributed by atoms with van der Waals surface area (Å²) in [6.45, 7) is 19.2. The molecule has 0 saturated carbocycles. The second kappa shape index (κ2) is 16.4. The molecule has 1 aromatic rings. The molecule has 2 aliphatic heterocycles. The maximum Gasteiger partial charge on any atom is 0.163 e. The molecule has 1 N–H and O–H groups in total. The molecule has 0 aromatic carbocycles. The van der Waals surface area contributed by atoms with E-state index in [1.807, 2.05) is 39.8 Å². The Balaban J connectivity index is 1.80. The largest absolute Gasteiger partial charge is 0.388 e. The van der Waals surface area contributed by atoms with E-state index in [0.29, 0.717) is 32.5 Å². The number of carbonyl (C=O) groups is 1. The van der Waals surface area contributed by atoms with Crippen molar-refractivity contribution in [1.82, 2.24) is 4.98 Å². The highest BCUT2D eigenvalue weighted by atomic mass is 16.7. The Kier molecular flexibility index (Phi) is 13.6. The van der Waals surface area contributed by atoms with Gasteiger partial charge in [-0.15, -0.1) is 0 Å². The summed E-state index contributed by atoms with van der Waals surface area (Å²) in [6, 6.07) is 3.97. The van der Waals surface area contributed by atoms with Crippen molar-refractivity contribution in [2.45, 2.75) is 137 Å². The Morgan fingerprint density at radius 3 is 2.56 bits per heavy atom. The quantitative estimate of drug-likeness (QED) is 0.199. The van der Waals surface area contributed by atoms with Crippen molar-refractivity contribution in [3.8, 4) is 0 Å². The van der Waals surface area contributed by atoms with Gasteiger partial charge < -0.3 is 24.1 Å². The SMILES string of the molecule is C=C(C)[C@@H](O)CC=C(C)CCC[C@H](C)[C@H](OC1CCCCO1)C(C)C(=O)C(C)(Cc1ccncc1)[C@@H]1CCOC(C)(C)O1. The van der Waals surface area contributed by atoms with Gasteiger partial charge in [-0.25, -0.2) is 0 Å². The number of hydrogen-bond acceptors (Lipinski definition) is 7. The standard InChI is InChI=1S/C36H57NO6/c1-25(2)30(38)16-15-26(3)12-11-13-27(4)33(42-32-14-9-10-22-40-32)28(5)34(39)36(8,24-29-17-20-37-21-18-29)31-19-23-41-35(6,7)43-31/h15,17-18,20-21,27-28,30-33,38H,1,9-14,16,19,22-24H2,2-8H3/t27-,28?,30-,31-,32?,33-,36?/m0/s1. The van der Waals surface area contributed by atoms with Gasteiger partial charge in [0.05, 0.1) is 30.3 Å².